The van der Waals surface area contributed by atoms with Gasteiger partial charge in [0.15, 0.2) is 2.74 Å². The molecule has 4 N–H and O–H groups in total. The molecular formula is C30H49NO8S6. The lowest BCUT2D eigenvalue weighted by Gasteiger charge is -2.27. The Morgan fingerprint density at radius 1 is 0.600 bits per heavy atom. The second-order valence-electron chi connectivity index (χ2n) is 11.6. The molecular weight excluding hydrogens is 695 g/mol. The molecule has 45 heavy (non-hydrogen) atoms. The van der Waals surface area contributed by atoms with Crippen LogP contribution in [-0.2, 0) is 24.0 Å². The summed E-state index contributed by atoms with van der Waals surface area (Å²) < 4.78 is 0.138. The Bertz CT molecular complexity index is 928. The number of carbonyl (C=O) groups is 5. The molecule has 1 spiro atoms. The van der Waals surface area contributed by atoms with Crippen LogP contribution < -0.4 is 5.32 Å². The number of hydrogen-bond acceptors (Lipinski definition) is 11. The standard InChI is InChI=1S/C30H49NO8S6/c32-23(15-11-9-7-5-3-1-2-4-6-8-10-12-17-26(34)35)21-22(27(36)37)18-19-25(33)31-20-14-13-16-24(28(38)39)29-40-42-30(43-41-29)44-45-30/h22,24,29H,1-21H2,(H,31,33)(H,34,35)(H,36,37)(H,38,39)/t22-,24+/m1/s1. The number of unbranched alkanes of at least 4 members (excludes halogenated alkanes) is 12. The fourth-order valence-corrected chi connectivity index (χ4v) is 18.8. The number of rotatable bonds is 28. The molecule has 0 saturated carbocycles. The van der Waals surface area contributed by atoms with Gasteiger partial charge in [-0.25, -0.2) is 0 Å². The van der Waals surface area contributed by atoms with Crippen LogP contribution in [0.4, 0.5) is 0 Å². The number of hydrogen-bond donors (Lipinski definition) is 4. The van der Waals surface area contributed by atoms with Crippen molar-refractivity contribution >= 4 is 94.4 Å². The van der Waals surface area contributed by atoms with Gasteiger partial charge in [-0.15, -0.1) is 0 Å². The summed E-state index contributed by atoms with van der Waals surface area (Å²) in [4.78, 5) is 58.7. The number of carbonyl (C=O) groups excluding carboxylic acids is 2. The van der Waals surface area contributed by atoms with Crippen LogP contribution in [-0.4, -0.2) is 58.8 Å². The minimum absolute atomic E-state index is 0.00286. The van der Waals surface area contributed by atoms with E-state index in [1.54, 1.807) is 43.2 Å². The van der Waals surface area contributed by atoms with Gasteiger partial charge in [0.1, 0.15) is 5.78 Å². The lowest BCUT2D eigenvalue weighted by atomic mass is 9.94. The normalized spacial score (nSPS) is 17.1. The van der Waals surface area contributed by atoms with Crippen LogP contribution in [0.25, 0.3) is 0 Å². The first-order chi connectivity index (χ1) is 21.6. The predicted molar refractivity (Wildman–Crippen MR) is 192 cm³/mol. The van der Waals surface area contributed by atoms with Crippen LogP contribution in [0, 0.1) is 11.8 Å². The van der Waals surface area contributed by atoms with Gasteiger partial charge in [-0.05, 0) is 53.7 Å². The topological polar surface area (TPSA) is 158 Å². The number of amides is 1. The average molecular weight is 744 g/mol. The van der Waals surface area contributed by atoms with E-state index in [-0.39, 0.29) is 44.7 Å². The highest BCUT2D eigenvalue weighted by Gasteiger charge is 2.53. The Morgan fingerprint density at radius 3 is 1.62 bits per heavy atom. The molecule has 0 aromatic rings. The van der Waals surface area contributed by atoms with E-state index in [0.29, 0.717) is 32.2 Å². The number of carboxylic acids is 3. The van der Waals surface area contributed by atoms with Crippen molar-refractivity contribution in [2.75, 3.05) is 6.54 Å². The SMILES string of the molecule is O=C(O)CCCCCCCCCCCCCCC(=O)C[C@@H](CCC(=O)NCCCC[C@@H](C(=O)O)C1SSC2(SS1)SS2)C(=O)O. The fourth-order valence-electron chi connectivity index (χ4n) is 5.01. The van der Waals surface area contributed by atoms with E-state index in [2.05, 4.69) is 5.32 Å². The van der Waals surface area contributed by atoms with Crippen molar-refractivity contribution < 1.29 is 39.3 Å². The molecule has 0 aromatic carbocycles. The van der Waals surface area contributed by atoms with Gasteiger partial charge in [0.2, 0.25) is 5.91 Å². The van der Waals surface area contributed by atoms with Crippen molar-refractivity contribution in [2.45, 2.75) is 136 Å². The zero-order valence-electron chi connectivity index (χ0n) is 25.9. The van der Waals surface area contributed by atoms with E-state index in [0.717, 1.165) is 51.4 Å². The monoisotopic (exact) mass is 743 g/mol. The van der Waals surface area contributed by atoms with Crippen LogP contribution in [0.1, 0.15) is 128 Å². The smallest absolute Gasteiger partial charge is 0.308 e. The maximum absolute atomic E-state index is 12.4. The van der Waals surface area contributed by atoms with E-state index in [4.69, 9.17) is 5.11 Å². The third-order valence-electron chi connectivity index (χ3n) is 7.76. The van der Waals surface area contributed by atoms with E-state index in [1.165, 1.54) is 25.7 Å². The van der Waals surface area contributed by atoms with Gasteiger partial charge in [0.25, 0.3) is 0 Å². The summed E-state index contributed by atoms with van der Waals surface area (Å²) in [6.45, 7) is 0.420. The first-order valence-corrected chi connectivity index (χ1v) is 22.7. The van der Waals surface area contributed by atoms with Crippen molar-refractivity contribution in [1.29, 1.82) is 0 Å². The largest absolute Gasteiger partial charge is 0.481 e. The van der Waals surface area contributed by atoms with Crippen LogP contribution in [0.3, 0.4) is 0 Å². The van der Waals surface area contributed by atoms with Crippen LogP contribution >= 0.6 is 64.8 Å². The fraction of sp³-hybridized carbons (Fsp3) is 0.833. The highest BCUT2D eigenvalue weighted by Crippen LogP contribution is 2.84. The number of ketones is 1. The van der Waals surface area contributed by atoms with Gasteiger partial charge in [-0.2, -0.15) is 0 Å². The van der Waals surface area contributed by atoms with Gasteiger partial charge in [0.05, 0.1) is 16.4 Å². The molecule has 9 nitrogen and oxygen atoms in total. The number of carboxylic acid groups (broad SMARTS) is 3. The minimum atomic E-state index is -1.05. The van der Waals surface area contributed by atoms with Crippen LogP contribution in [0.2, 0.25) is 0 Å². The lowest BCUT2D eigenvalue weighted by molar-refractivity contribution is -0.144. The molecule has 0 aliphatic carbocycles. The third-order valence-corrected chi connectivity index (χ3v) is 21.6. The van der Waals surface area contributed by atoms with E-state index in [9.17, 15) is 34.2 Å². The van der Waals surface area contributed by atoms with E-state index < -0.39 is 29.7 Å². The van der Waals surface area contributed by atoms with Crippen molar-refractivity contribution in [2.24, 2.45) is 11.8 Å². The van der Waals surface area contributed by atoms with Crippen molar-refractivity contribution in [3.8, 4) is 0 Å². The Hall–Kier alpha value is -0.350. The van der Waals surface area contributed by atoms with Crippen molar-refractivity contribution in [3.05, 3.63) is 0 Å². The molecule has 15 heteroatoms. The summed E-state index contributed by atoms with van der Waals surface area (Å²) in [6, 6.07) is 0. The molecule has 0 bridgehead atoms. The van der Waals surface area contributed by atoms with Crippen LogP contribution in [0.15, 0.2) is 0 Å². The van der Waals surface area contributed by atoms with E-state index in [1.807, 2.05) is 21.6 Å². The maximum Gasteiger partial charge on any atom is 0.308 e. The number of aliphatic carboxylic acids is 3. The van der Waals surface area contributed by atoms with Gasteiger partial charge in [-0.1, -0.05) is 114 Å². The maximum atomic E-state index is 12.4. The summed E-state index contributed by atoms with van der Waals surface area (Å²) in [5, 5.41) is 30.7. The second-order valence-corrected chi connectivity index (χ2v) is 21.2. The highest BCUT2D eigenvalue weighted by atomic mass is 33.2. The summed E-state index contributed by atoms with van der Waals surface area (Å²) >= 11 is 0. The highest BCUT2D eigenvalue weighted by molar-refractivity contribution is 9.14. The summed E-state index contributed by atoms with van der Waals surface area (Å²) in [7, 11) is 10.4. The number of nitrogens with one attached hydrogen (secondary N) is 1. The summed E-state index contributed by atoms with van der Waals surface area (Å²) in [5.41, 5.74) is 0. The molecule has 2 saturated heterocycles. The Balaban J connectivity index is 1.45. The van der Waals surface area contributed by atoms with Gasteiger partial charge in [0, 0.05) is 32.2 Å². The first-order valence-electron chi connectivity index (χ1n) is 16.1. The number of Topliss-reactive ketones (excluding diaryl/α,β-unsaturated/α-hetero) is 1. The summed E-state index contributed by atoms with van der Waals surface area (Å²) in [6.07, 6.45) is 15.4. The first kappa shape index (κ1) is 40.8. The quantitative estimate of drug-likeness (QED) is 0.0342. The third kappa shape index (κ3) is 19.3. The molecule has 0 aromatic heterocycles. The predicted octanol–water partition coefficient (Wildman–Crippen LogP) is 9.07. The molecule has 2 rings (SSSR count). The zero-order chi connectivity index (χ0) is 32.9. The molecule has 0 radical (unpaired) electrons. The molecule has 2 fully saturated rings. The molecule has 0 unspecified atom stereocenters. The second kappa shape index (κ2) is 23.9. The molecule has 2 aliphatic rings. The van der Waals surface area contributed by atoms with Gasteiger partial charge < -0.3 is 20.6 Å². The Labute approximate surface area is 291 Å². The molecule has 2 heterocycles. The Morgan fingerprint density at radius 2 is 1.13 bits per heavy atom. The molecule has 1 amide bonds. The molecule has 2 aliphatic heterocycles. The summed E-state index contributed by atoms with van der Waals surface area (Å²) in [5.74, 6) is -4.14. The molecule has 2 atom stereocenters. The molecule has 258 valence electrons. The van der Waals surface area contributed by atoms with Crippen LogP contribution in [0.5, 0.6) is 0 Å². The van der Waals surface area contributed by atoms with Crippen molar-refractivity contribution in [1.82, 2.24) is 5.32 Å². The van der Waals surface area contributed by atoms with Crippen molar-refractivity contribution in [3.63, 3.8) is 0 Å². The van der Waals surface area contributed by atoms with Gasteiger partial charge in [-0.3, -0.25) is 24.0 Å². The van der Waals surface area contributed by atoms with Gasteiger partial charge >= 0.3 is 17.9 Å². The minimum Gasteiger partial charge on any atom is -0.481 e. The lowest BCUT2D eigenvalue weighted by Crippen LogP contribution is -2.27. The Kier molecular flexibility index (Phi) is 21.7. The average Bonchev–Trinajstić information content (AvgIpc) is 3.75. The zero-order valence-corrected chi connectivity index (χ0v) is 30.8. The van der Waals surface area contributed by atoms with E-state index >= 15 is 0 Å².